The average Bonchev–Trinajstić information content (AvgIpc) is 3.30. The monoisotopic (exact) mass is 391 g/mol. The van der Waals surface area contributed by atoms with E-state index in [-0.39, 0.29) is 24.0 Å². The molecule has 0 saturated carbocycles. The van der Waals surface area contributed by atoms with E-state index in [9.17, 15) is 4.79 Å². The zero-order chi connectivity index (χ0) is 18.1. The molecule has 6 nitrogen and oxygen atoms in total. The minimum Gasteiger partial charge on any atom is -0.455 e. The minimum atomic E-state index is -0.592. The number of nitrogens with zero attached hydrogens (tertiary/aromatic N) is 1. The lowest BCUT2D eigenvalue weighted by atomic mass is 10.1. The molecule has 132 valence electrons. The van der Waals surface area contributed by atoms with Crippen molar-refractivity contribution in [1.29, 1.82) is 0 Å². The van der Waals surface area contributed by atoms with Gasteiger partial charge >= 0.3 is 5.97 Å². The predicted octanol–water partition coefficient (Wildman–Crippen LogP) is 4.73. The average molecular weight is 392 g/mol. The van der Waals surface area contributed by atoms with Crippen molar-refractivity contribution in [3.05, 3.63) is 63.8 Å². The van der Waals surface area contributed by atoms with Gasteiger partial charge in [0.1, 0.15) is 12.3 Å². The number of hydrogen-bond acceptors (Lipinski definition) is 6. The molecule has 0 radical (unpaired) electrons. The summed E-state index contributed by atoms with van der Waals surface area (Å²) in [6.45, 7) is 0.137. The maximum Gasteiger partial charge on any atom is 0.340 e. The maximum absolute atomic E-state index is 12.1. The van der Waals surface area contributed by atoms with Crippen molar-refractivity contribution in [3.63, 3.8) is 0 Å². The molecule has 4 rings (SSSR count). The molecular formula is C18H11Cl2NO5. The Balaban J connectivity index is 1.45. The quantitative estimate of drug-likeness (QED) is 0.598. The Labute approximate surface area is 158 Å². The van der Waals surface area contributed by atoms with Crippen molar-refractivity contribution in [2.24, 2.45) is 0 Å². The molecule has 0 amide bonds. The van der Waals surface area contributed by atoms with Crippen LogP contribution in [0.3, 0.4) is 0 Å². The first-order valence-corrected chi connectivity index (χ1v) is 8.33. The summed E-state index contributed by atoms with van der Waals surface area (Å²) in [5.74, 6) is 1.25. The molecule has 1 aromatic heterocycles. The number of aromatic nitrogens is 1. The van der Waals surface area contributed by atoms with Crippen LogP contribution < -0.4 is 9.47 Å². The number of rotatable bonds is 4. The van der Waals surface area contributed by atoms with Crippen molar-refractivity contribution >= 4 is 29.2 Å². The first kappa shape index (κ1) is 16.8. The Bertz CT molecular complexity index is 985. The molecular weight excluding hydrogens is 381 g/mol. The van der Waals surface area contributed by atoms with E-state index in [2.05, 4.69) is 5.16 Å². The molecule has 0 saturated heterocycles. The normalized spacial score (nSPS) is 12.2. The van der Waals surface area contributed by atoms with Crippen LogP contribution in [0.2, 0.25) is 10.0 Å². The SMILES string of the molecule is O=C(OCc1cc(-c2ccc3c(c2)OCO3)on1)c1cc(Cl)ccc1Cl. The molecule has 8 heteroatoms. The number of ether oxygens (including phenoxy) is 3. The van der Waals surface area contributed by atoms with Gasteiger partial charge < -0.3 is 18.7 Å². The van der Waals surface area contributed by atoms with E-state index in [0.29, 0.717) is 28.0 Å². The fourth-order valence-electron chi connectivity index (χ4n) is 2.44. The summed E-state index contributed by atoms with van der Waals surface area (Å²) in [6, 6.07) is 11.7. The standard InChI is InChI=1S/C18H11Cl2NO5/c19-11-2-3-14(20)13(6-11)18(22)23-8-12-7-16(26-21-12)10-1-4-15-17(5-10)25-9-24-15/h1-7H,8-9H2. The first-order valence-electron chi connectivity index (χ1n) is 7.58. The van der Waals surface area contributed by atoms with Gasteiger partial charge in [0.05, 0.1) is 10.6 Å². The molecule has 26 heavy (non-hydrogen) atoms. The minimum absolute atomic E-state index is 0.0598. The molecule has 0 spiro atoms. The van der Waals surface area contributed by atoms with E-state index in [4.69, 9.17) is 41.9 Å². The van der Waals surface area contributed by atoms with E-state index in [1.54, 1.807) is 24.3 Å². The van der Waals surface area contributed by atoms with Crippen LogP contribution in [0.25, 0.3) is 11.3 Å². The zero-order valence-electron chi connectivity index (χ0n) is 13.2. The van der Waals surface area contributed by atoms with Gasteiger partial charge in [0.25, 0.3) is 0 Å². The second kappa shape index (κ2) is 6.90. The van der Waals surface area contributed by atoms with Crippen LogP contribution in [0.1, 0.15) is 16.1 Å². The fraction of sp³-hybridized carbons (Fsp3) is 0.111. The summed E-state index contributed by atoms with van der Waals surface area (Å²) in [4.78, 5) is 12.1. The number of carbonyl (C=O) groups excluding carboxylic acids is 1. The molecule has 0 bridgehead atoms. The second-order valence-electron chi connectivity index (χ2n) is 5.45. The highest BCUT2D eigenvalue weighted by Gasteiger charge is 2.17. The van der Waals surface area contributed by atoms with Crippen molar-refractivity contribution in [1.82, 2.24) is 5.16 Å². The number of hydrogen-bond donors (Lipinski definition) is 0. The van der Waals surface area contributed by atoms with Gasteiger partial charge in [0, 0.05) is 16.7 Å². The highest BCUT2D eigenvalue weighted by atomic mass is 35.5. The highest BCUT2D eigenvalue weighted by molar-refractivity contribution is 6.35. The molecule has 2 aromatic carbocycles. The van der Waals surface area contributed by atoms with Crippen LogP contribution in [0.5, 0.6) is 11.5 Å². The topological polar surface area (TPSA) is 70.8 Å². The summed E-state index contributed by atoms with van der Waals surface area (Å²) in [5, 5.41) is 4.57. The lowest BCUT2D eigenvalue weighted by Crippen LogP contribution is -2.06. The van der Waals surface area contributed by atoms with Gasteiger partial charge in [-0.3, -0.25) is 0 Å². The van der Waals surface area contributed by atoms with E-state index in [0.717, 1.165) is 5.56 Å². The molecule has 0 N–H and O–H groups in total. The first-order chi connectivity index (χ1) is 12.6. The maximum atomic E-state index is 12.1. The molecule has 0 atom stereocenters. The molecule has 1 aliphatic rings. The summed E-state index contributed by atoms with van der Waals surface area (Å²) in [7, 11) is 0. The Hall–Kier alpha value is -2.70. The van der Waals surface area contributed by atoms with Crippen molar-refractivity contribution in [2.45, 2.75) is 6.61 Å². The number of halogens is 2. The smallest absolute Gasteiger partial charge is 0.340 e. The Kier molecular flexibility index (Phi) is 4.44. The zero-order valence-corrected chi connectivity index (χ0v) is 14.7. The summed E-state index contributed by atoms with van der Waals surface area (Å²) >= 11 is 11.9. The van der Waals surface area contributed by atoms with Crippen molar-refractivity contribution in [2.75, 3.05) is 6.79 Å². The second-order valence-corrected chi connectivity index (χ2v) is 6.29. The third-order valence-electron chi connectivity index (χ3n) is 3.72. The van der Waals surface area contributed by atoms with Gasteiger partial charge in [0.2, 0.25) is 6.79 Å². The van der Waals surface area contributed by atoms with E-state index in [1.807, 2.05) is 6.07 Å². The van der Waals surface area contributed by atoms with Crippen LogP contribution >= 0.6 is 23.2 Å². The van der Waals surface area contributed by atoms with Crippen LogP contribution in [-0.4, -0.2) is 17.9 Å². The summed E-state index contributed by atoms with van der Waals surface area (Å²) < 4.78 is 21.1. The van der Waals surface area contributed by atoms with Gasteiger partial charge in [-0.25, -0.2) is 4.79 Å². The largest absolute Gasteiger partial charge is 0.455 e. The number of fused-ring (bicyclic) bond motifs is 1. The third kappa shape index (κ3) is 3.34. The summed E-state index contributed by atoms with van der Waals surface area (Å²) in [6.07, 6.45) is 0. The lowest BCUT2D eigenvalue weighted by molar-refractivity contribution is 0.0464. The van der Waals surface area contributed by atoms with Crippen LogP contribution in [0.4, 0.5) is 0 Å². The van der Waals surface area contributed by atoms with E-state index < -0.39 is 5.97 Å². The molecule has 2 heterocycles. The number of carbonyl (C=O) groups is 1. The predicted molar refractivity (Wildman–Crippen MR) is 93.6 cm³/mol. The van der Waals surface area contributed by atoms with E-state index in [1.165, 1.54) is 12.1 Å². The number of benzene rings is 2. The van der Waals surface area contributed by atoms with Crippen molar-refractivity contribution in [3.8, 4) is 22.8 Å². The summed E-state index contributed by atoms with van der Waals surface area (Å²) in [5.41, 5.74) is 1.43. The Morgan fingerprint density at radius 2 is 1.92 bits per heavy atom. The van der Waals surface area contributed by atoms with Crippen molar-refractivity contribution < 1.29 is 23.5 Å². The van der Waals surface area contributed by atoms with Crippen LogP contribution in [0.15, 0.2) is 47.0 Å². The molecule has 1 aliphatic heterocycles. The third-order valence-corrected chi connectivity index (χ3v) is 4.28. The van der Waals surface area contributed by atoms with Gasteiger partial charge in [-0.1, -0.05) is 28.4 Å². The lowest BCUT2D eigenvalue weighted by Gasteiger charge is -2.04. The molecule has 3 aromatic rings. The Morgan fingerprint density at radius 3 is 2.81 bits per heavy atom. The molecule has 0 unspecified atom stereocenters. The molecule has 0 aliphatic carbocycles. The van der Waals surface area contributed by atoms with Crippen LogP contribution in [0, 0.1) is 0 Å². The molecule has 0 fully saturated rings. The van der Waals surface area contributed by atoms with Gasteiger partial charge in [-0.15, -0.1) is 0 Å². The van der Waals surface area contributed by atoms with Gasteiger partial charge in [0.15, 0.2) is 17.3 Å². The van der Waals surface area contributed by atoms with Crippen LogP contribution in [-0.2, 0) is 11.3 Å². The highest BCUT2D eigenvalue weighted by Crippen LogP contribution is 2.36. The van der Waals surface area contributed by atoms with Gasteiger partial charge in [-0.2, -0.15) is 0 Å². The number of esters is 1. The Morgan fingerprint density at radius 1 is 1.08 bits per heavy atom. The fourth-order valence-corrected chi connectivity index (χ4v) is 2.80. The van der Waals surface area contributed by atoms with Gasteiger partial charge in [-0.05, 0) is 36.4 Å². The van der Waals surface area contributed by atoms with E-state index >= 15 is 0 Å².